The van der Waals surface area contributed by atoms with Crippen LogP contribution in [0.25, 0.3) is 0 Å². The Balaban J connectivity index is 2.11. The van der Waals surface area contributed by atoms with Crippen molar-refractivity contribution in [3.05, 3.63) is 30.1 Å². The van der Waals surface area contributed by atoms with Crippen molar-refractivity contribution in [2.45, 2.75) is 11.3 Å². The molecule has 0 aliphatic rings. The summed E-state index contributed by atoms with van der Waals surface area (Å²) in [6, 6.07) is 1.87. The van der Waals surface area contributed by atoms with E-state index in [9.17, 15) is 13.3 Å². The number of hydrogen-bond acceptors (Lipinski definition) is 7. The van der Waals surface area contributed by atoms with E-state index in [-0.39, 0.29) is 15.7 Å². The van der Waals surface area contributed by atoms with Crippen LogP contribution in [0.1, 0.15) is 6.42 Å². The Hall–Kier alpha value is -1.49. The molecule has 0 radical (unpaired) electrons. The number of nitrogens with one attached hydrogen (secondary N) is 2. The van der Waals surface area contributed by atoms with Gasteiger partial charge in [-0.2, -0.15) is 9.10 Å². The van der Waals surface area contributed by atoms with Crippen molar-refractivity contribution in [2.75, 3.05) is 23.1 Å². The zero-order valence-electron chi connectivity index (χ0n) is 10.8. The fourth-order valence-corrected chi connectivity index (χ4v) is 2.92. The maximum absolute atomic E-state index is 13.9. The van der Waals surface area contributed by atoms with Crippen LogP contribution in [0.3, 0.4) is 0 Å². The number of nitrogens with two attached hydrogens (primary N) is 1. The van der Waals surface area contributed by atoms with Gasteiger partial charge in [0, 0.05) is 30.2 Å². The minimum absolute atomic E-state index is 0.0117. The topological polar surface area (TPSA) is 98.9 Å². The molecular weight excluding hydrogens is 320 g/mol. The molecule has 1 atom stereocenters. The molecule has 0 bridgehead atoms. The van der Waals surface area contributed by atoms with Crippen LogP contribution in [0.2, 0.25) is 0 Å². The molecule has 0 fully saturated rings. The predicted octanol–water partition coefficient (Wildman–Crippen LogP) is 1.71. The number of nitrogens with zero attached hydrogens (tertiary/aromatic N) is 2. The summed E-state index contributed by atoms with van der Waals surface area (Å²) in [6.45, 7) is 0.878. The molecule has 0 saturated heterocycles. The molecule has 2 aromatic rings. The number of rotatable bonds is 7. The SMILES string of the molecule is NCCCNc1cc(F)c([S+]([O-])Nc2ncns2)cc1F. The lowest BCUT2D eigenvalue weighted by Gasteiger charge is -2.12. The highest BCUT2D eigenvalue weighted by atomic mass is 32.2. The lowest BCUT2D eigenvalue weighted by atomic mass is 10.3. The van der Waals surface area contributed by atoms with Gasteiger partial charge in [0.1, 0.15) is 17.7 Å². The van der Waals surface area contributed by atoms with Crippen molar-refractivity contribution in [3.8, 4) is 0 Å². The van der Waals surface area contributed by atoms with Gasteiger partial charge in [-0.3, -0.25) is 0 Å². The lowest BCUT2D eigenvalue weighted by Crippen LogP contribution is -2.16. The largest absolute Gasteiger partial charge is 0.588 e. The van der Waals surface area contributed by atoms with Gasteiger partial charge >= 0.3 is 0 Å². The molecule has 1 unspecified atom stereocenters. The van der Waals surface area contributed by atoms with Gasteiger partial charge in [0.05, 0.1) is 5.69 Å². The molecule has 0 aliphatic heterocycles. The van der Waals surface area contributed by atoms with Crippen LogP contribution in [0.5, 0.6) is 0 Å². The van der Waals surface area contributed by atoms with Gasteiger partial charge in [0.15, 0.2) is 11.6 Å². The molecule has 0 spiro atoms. The van der Waals surface area contributed by atoms with Gasteiger partial charge in [-0.05, 0) is 13.0 Å². The third-order valence-electron chi connectivity index (χ3n) is 2.46. The minimum atomic E-state index is -1.96. The molecular formula is C11H13F2N5OS2. The third kappa shape index (κ3) is 4.24. The van der Waals surface area contributed by atoms with E-state index in [1.54, 1.807) is 0 Å². The van der Waals surface area contributed by atoms with Crippen molar-refractivity contribution in [3.63, 3.8) is 0 Å². The zero-order valence-corrected chi connectivity index (χ0v) is 12.4. The molecule has 21 heavy (non-hydrogen) atoms. The molecule has 1 aromatic carbocycles. The molecule has 0 saturated carbocycles. The summed E-state index contributed by atoms with van der Waals surface area (Å²) in [4.78, 5) is 3.48. The first-order valence-electron chi connectivity index (χ1n) is 6.00. The fraction of sp³-hybridized carbons (Fsp3) is 0.273. The van der Waals surface area contributed by atoms with Crippen LogP contribution in [0.4, 0.5) is 19.6 Å². The summed E-state index contributed by atoms with van der Waals surface area (Å²) in [5.41, 5.74) is 5.33. The van der Waals surface area contributed by atoms with Crippen molar-refractivity contribution < 1.29 is 13.3 Å². The van der Waals surface area contributed by atoms with Crippen molar-refractivity contribution in [1.29, 1.82) is 0 Å². The molecule has 10 heteroatoms. The van der Waals surface area contributed by atoms with Crippen molar-refractivity contribution in [2.24, 2.45) is 5.73 Å². The Morgan fingerprint density at radius 3 is 2.81 bits per heavy atom. The Morgan fingerprint density at radius 1 is 1.33 bits per heavy atom. The Kier molecular flexibility index (Phi) is 5.67. The van der Waals surface area contributed by atoms with Crippen LogP contribution >= 0.6 is 11.5 Å². The first kappa shape index (κ1) is 15.9. The van der Waals surface area contributed by atoms with E-state index >= 15 is 0 Å². The second kappa shape index (κ2) is 7.50. The average molecular weight is 333 g/mol. The van der Waals surface area contributed by atoms with E-state index in [1.807, 2.05) is 0 Å². The fourth-order valence-electron chi connectivity index (χ4n) is 1.48. The summed E-state index contributed by atoms with van der Waals surface area (Å²) in [5.74, 6) is -1.46. The summed E-state index contributed by atoms with van der Waals surface area (Å²) in [6.07, 6.45) is 1.90. The molecule has 2 rings (SSSR count). The molecule has 6 nitrogen and oxygen atoms in total. The van der Waals surface area contributed by atoms with Gasteiger partial charge in [-0.1, -0.05) is 0 Å². The van der Waals surface area contributed by atoms with Gasteiger partial charge in [0.25, 0.3) is 0 Å². The number of anilines is 2. The Labute approximate surface area is 127 Å². The maximum atomic E-state index is 13.9. The highest BCUT2D eigenvalue weighted by Crippen LogP contribution is 2.24. The average Bonchev–Trinajstić information content (AvgIpc) is 2.95. The number of halogens is 2. The van der Waals surface area contributed by atoms with E-state index in [2.05, 4.69) is 19.4 Å². The molecule has 0 amide bonds. The van der Waals surface area contributed by atoms with E-state index in [0.717, 1.165) is 23.7 Å². The van der Waals surface area contributed by atoms with Crippen LogP contribution in [0, 0.1) is 11.6 Å². The Bertz CT molecular complexity index is 584. The number of hydrogen-bond donors (Lipinski definition) is 3. The third-order valence-corrected chi connectivity index (χ3v) is 4.26. The first-order valence-corrected chi connectivity index (χ1v) is 7.92. The molecule has 1 aromatic heterocycles. The first-order chi connectivity index (χ1) is 10.1. The monoisotopic (exact) mass is 333 g/mol. The van der Waals surface area contributed by atoms with Gasteiger partial charge in [-0.15, -0.1) is 0 Å². The zero-order chi connectivity index (χ0) is 15.2. The summed E-state index contributed by atoms with van der Waals surface area (Å²) < 4.78 is 45.9. The van der Waals surface area contributed by atoms with Crippen LogP contribution in [-0.4, -0.2) is 27.0 Å². The van der Waals surface area contributed by atoms with E-state index in [1.165, 1.54) is 6.33 Å². The van der Waals surface area contributed by atoms with E-state index in [0.29, 0.717) is 19.5 Å². The minimum Gasteiger partial charge on any atom is -0.588 e. The van der Waals surface area contributed by atoms with Gasteiger partial charge in [0.2, 0.25) is 10.0 Å². The number of aromatic nitrogens is 2. The quantitative estimate of drug-likeness (QED) is 0.527. The molecule has 114 valence electrons. The van der Waals surface area contributed by atoms with Gasteiger partial charge in [-0.25, -0.2) is 13.8 Å². The van der Waals surface area contributed by atoms with E-state index < -0.39 is 23.0 Å². The van der Waals surface area contributed by atoms with Crippen molar-refractivity contribution >= 4 is 33.7 Å². The van der Waals surface area contributed by atoms with Crippen LogP contribution in [-0.2, 0) is 11.4 Å². The standard InChI is InChI=1S/C11H13F2N5OS2/c12-7-5-10(21(19)18-11-16-6-17-20-11)8(13)4-9(7)15-3-1-2-14/h4-6,15H,1-3,14H2,(H,16,17,18). The molecule has 1 heterocycles. The molecule has 4 N–H and O–H groups in total. The predicted molar refractivity (Wildman–Crippen MR) is 78.5 cm³/mol. The maximum Gasteiger partial charge on any atom is 0.245 e. The second-order valence-corrected chi connectivity index (χ2v) is 5.91. The van der Waals surface area contributed by atoms with E-state index in [4.69, 9.17) is 5.73 Å². The highest BCUT2D eigenvalue weighted by molar-refractivity contribution is 7.93. The smallest absolute Gasteiger partial charge is 0.245 e. The summed E-state index contributed by atoms with van der Waals surface area (Å²) in [5, 5.41) is 2.99. The second-order valence-electron chi connectivity index (χ2n) is 3.95. The van der Waals surface area contributed by atoms with Crippen molar-refractivity contribution in [1.82, 2.24) is 9.36 Å². The van der Waals surface area contributed by atoms with Crippen LogP contribution < -0.4 is 15.8 Å². The highest BCUT2D eigenvalue weighted by Gasteiger charge is 2.22. The molecule has 0 aliphatic carbocycles. The number of benzene rings is 1. The van der Waals surface area contributed by atoms with Gasteiger partial charge < -0.3 is 15.6 Å². The Morgan fingerprint density at radius 2 is 2.14 bits per heavy atom. The lowest BCUT2D eigenvalue weighted by molar-refractivity contribution is 0.556. The van der Waals surface area contributed by atoms with Crippen LogP contribution in [0.15, 0.2) is 23.4 Å². The summed E-state index contributed by atoms with van der Waals surface area (Å²) in [7, 11) is 0. The summed E-state index contributed by atoms with van der Waals surface area (Å²) >= 11 is -0.988. The normalized spacial score (nSPS) is 12.2.